The summed E-state index contributed by atoms with van der Waals surface area (Å²) in [7, 11) is 0. The van der Waals surface area contributed by atoms with Crippen LogP contribution in [0.2, 0.25) is 0 Å². The number of amides is 2. The predicted octanol–water partition coefficient (Wildman–Crippen LogP) is 1.79. The first-order valence-corrected chi connectivity index (χ1v) is 8.88. The van der Waals surface area contributed by atoms with Gasteiger partial charge >= 0.3 is 6.01 Å². The molecule has 142 valence electrons. The van der Waals surface area contributed by atoms with Crippen LogP contribution in [-0.2, 0) is 0 Å². The Morgan fingerprint density at radius 1 is 1.00 bits per heavy atom. The molecule has 0 spiro atoms. The van der Waals surface area contributed by atoms with Gasteiger partial charge in [0.1, 0.15) is 5.75 Å². The summed E-state index contributed by atoms with van der Waals surface area (Å²) >= 11 is 0. The van der Waals surface area contributed by atoms with E-state index in [1.165, 1.54) is 4.68 Å². The Labute approximate surface area is 160 Å². The molecule has 1 saturated heterocycles. The highest BCUT2D eigenvalue weighted by Gasteiger charge is 2.23. The van der Waals surface area contributed by atoms with Gasteiger partial charge in [-0.3, -0.25) is 9.59 Å². The van der Waals surface area contributed by atoms with Crippen LogP contribution >= 0.6 is 0 Å². The topological polar surface area (TPSA) is 116 Å². The highest BCUT2D eigenvalue weighted by atomic mass is 16.5. The first-order chi connectivity index (χ1) is 13.6. The van der Waals surface area contributed by atoms with Gasteiger partial charge in [0.05, 0.1) is 11.3 Å². The number of carbonyl (C=O) groups excluding carboxylic acids is 2. The summed E-state index contributed by atoms with van der Waals surface area (Å²) in [6, 6.07) is 13.6. The van der Waals surface area contributed by atoms with Crippen LogP contribution in [0.3, 0.4) is 0 Å². The van der Waals surface area contributed by atoms with Gasteiger partial charge in [0.25, 0.3) is 5.91 Å². The lowest BCUT2D eigenvalue weighted by Crippen LogP contribution is -2.27. The number of rotatable bonds is 5. The second kappa shape index (κ2) is 7.47. The summed E-state index contributed by atoms with van der Waals surface area (Å²) in [4.78, 5) is 25.8. The lowest BCUT2D eigenvalue weighted by Gasteiger charge is -2.17. The van der Waals surface area contributed by atoms with E-state index in [1.807, 2.05) is 4.90 Å². The molecular weight excluding hydrogens is 360 g/mol. The molecule has 28 heavy (non-hydrogen) atoms. The molecule has 1 fully saturated rings. The van der Waals surface area contributed by atoms with Crippen molar-refractivity contribution in [1.82, 2.24) is 25.1 Å². The number of hydrogen-bond donors (Lipinski definition) is 1. The van der Waals surface area contributed by atoms with Gasteiger partial charge in [-0.15, -0.1) is 0 Å². The third kappa shape index (κ3) is 3.41. The van der Waals surface area contributed by atoms with E-state index in [9.17, 15) is 9.59 Å². The molecule has 1 aliphatic heterocycles. The molecule has 0 bridgehead atoms. The summed E-state index contributed by atoms with van der Waals surface area (Å²) in [5, 5.41) is 11.5. The number of ether oxygens (including phenoxy) is 1. The van der Waals surface area contributed by atoms with Gasteiger partial charge in [0.15, 0.2) is 0 Å². The Morgan fingerprint density at radius 3 is 2.43 bits per heavy atom. The van der Waals surface area contributed by atoms with Gasteiger partial charge in [0.2, 0.25) is 5.91 Å². The van der Waals surface area contributed by atoms with E-state index < -0.39 is 5.91 Å². The maximum absolute atomic E-state index is 12.8. The van der Waals surface area contributed by atoms with Crippen LogP contribution in [0.4, 0.5) is 0 Å². The number of tetrazole rings is 1. The number of nitrogens with two attached hydrogens (primary N) is 1. The average Bonchev–Trinajstić information content (AvgIpc) is 3.40. The number of aromatic nitrogens is 4. The van der Waals surface area contributed by atoms with E-state index in [0.29, 0.717) is 22.6 Å². The second-order valence-electron chi connectivity index (χ2n) is 6.38. The van der Waals surface area contributed by atoms with Gasteiger partial charge in [-0.05, 0) is 59.7 Å². The Balaban J connectivity index is 1.62. The summed E-state index contributed by atoms with van der Waals surface area (Å²) in [5.41, 5.74) is 6.69. The number of benzene rings is 2. The number of carbonyl (C=O) groups is 2. The average molecular weight is 378 g/mol. The Hall–Kier alpha value is -3.75. The van der Waals surface area contributed by atoms with Gasteiger partial charge in [-0.25, -0.2) is 0 Å². The lowest BCUT2D eigenvalue weighted by atomic mass is 10.2. The zero-order valence-corrected chi connectivity index (χ0v) is 15.0. The van der Waals surface area contributed by atoms with Crippen LogP contribution in [0.1, 0.15) is 33.6 Å². The number of para-hydroxylation sites is 1. The molecule has 1 aliphatic rings. The van der Waals surface area contributed by atoms with Crippen molar-refractivity contribution in [3.05, 3.63) is 59.7 Å². The molecule has 2 amide bonds. The first-order valence-electron chi connectivity index (χ1n) is 8.88. The van der Waals surface area contributed by atoms with Crippen LogP contribution in [-0.4, -0.2) is 50.0 Å². The van der Waals surface area contributed by atoms with E-state index >= 15 is 0 Å². The Kier molecular flexibility index (Phi) is 4.71. The number of likely N-dealkylation sites (tertiary alicyclic amines) is 1. The van der Waals surface area contributed by atoms with Crippen molar-refractivity contribution >= 4 is 11.8 Å². The minimum Gasteiger partial charge on any atom is -0.422 e. The van der Waals surface area contributed by atoms with Gasteiger partial charge in [-0.2, -0.15) is 4.68 Å². The quantitative estimate of drug-likeness (QED) is 0.723. The molecule has 0 radical (unpaired) electrons. The SMILES string of the molecule is NC(=O)c1ccc(-n2nnnc2Oc2ccccc2C(=O)N2CCCC2)cc1. The van der Waals surface area contributed by atoms with Gasteiger partial charge in [-0.1, -0.05) is 17.2 Å². The van der Waals surface area contributed by atoms with Crippen LogP contribution in [0.5, 0.6) is 11.8 Å². The minimum absolute atomic E-state index is 0.0714. The highest BCUT2D eigenvalue weighted by Crippen LogP contribution is 2.27. The third-order valence-corrected chi connectivity index (χ3v) is 4.55. The third-order valence-electron chi connectivity index (χ3n) is 4.55. The molecule has 2 N–H and O–H groups in total. The van der Waals surface area contributed by atoms with E-state index in [4.69, 9.17) is 10.5 Å². The summed E-state index contributed by atoms with van der Waals surface area (Å²) in [5.74, 6) is -0.212. The Bertz CT molecular complexity index is 1010. The molecule has 9 heteroatoms. The van der Waals surface area contributed by atoms with Crippen molar-refractivity contribution < 1.29 is 14.3 Å². The number of nitrogens with zero attached hydrogens (tertiary/aromatic N) is 5. The zero-order chi connectivity index (χ0) is 19.5. The number of hydrogen-bond acceptors (Lipinski definition) is 6. The first kappa shape index (κ1) is 17.7. The lowest BCUT2D eigenvalue weighted by molar-refractivity contribution is 0.0789. The summed E-state index contributed by atoms with van der Waals surface area (Å²) < 4.78 is 7.26. The second-order valence-corrected chi connectivity index (χ2v) is 6.38. The molecule has 3 aromatic rings. The minimum atomic E-state index is -0.519. The van der Waals surface area contributed by atoms with Crippen LogP contribution in [0.15, 0.2) is 48.5 Å². The maximum atomic E-state index is 12.8. The Morgan fingerprint density at radius 2 is 1.71 bits per heavy atom. The predicted molar refractivity (Wildman–Crippen MR) is 99.3 cm³/mol. The monoisotopic (exact) mass is 378 g/mol. The van der Waals surface area contributed by atoms with Crippen LogP contribution in [0.25, 0.3) is 5.69 Å². The van der Waals surface area contributed by atoms with Gasteiger partial charge in [0, 0.05) is 18.7 Å². The molecule has 9 nitrogen and oxygen atoms in total. The number of primary amides is 1. The smallest absolute Gasteiger partial charge is 0.345 e. The molecule has 2 aromatic carbocycles. The normalized spacial score (nSPS) is 13.5. The standard InChI is InChI=1S/C19H18N6O3/c20-17(26)13-7-9-14(10-8-13)25-19(21-22-23-25)28-16-6-2-1-5-15(16)18(27)24-11-3-4-12-24/h1-2,5-10H,3-4,11-12H2,(H2,20,26). The highest BCUT2D eigenvalue weighted by molar-refractivity contribution is 5.97. The summed E-state index contributed by atoms with van der Waals surface area (Å²) in [6.45, 7) is 1.49. The molecular formula is C19H18N6O3. The van der Waals surface area contributed by atoms with Gasteiger partial charge < -0.3 is 15.4 Å². The molecule has 0 saturated carbocycles. The fourth-order valence-electron chi connectivity index (χ4n) is 3.09. The van der Waals surface area contributed by atoms with Crippen molar-refractivity contribution in [3.8, 4) is 17.4 Å². The molecule has 2 heterocycles. The molecule has 0 aliphatic carbocycles. The van der Waals surface area contributed by atoms with Crippen molar-refractivity contribution in [2.75, 3.05) is 13.1 Å². The van der Waals surface area contributed by atoms with Crippen LogP contribution < -0.4 is 10.5 Å². The maximum Gasteiger partial charge on any atom is 0.345 e. The van der Waals surface area contributed by atoms with Crippen molar-refractivity contribution in [3.63, 3.8) is 0 Å². The molecule has 4 rings (SSSR count). The van der Waals surface area contributed by atoms with E-state index in [0.717, 1.165) is 25.9 Å². The zero-order valence-electron chi connectivity index (χ0n) is 15.0. The van der Waals surface area contributed by atoms with Crippen molar-refractivity contribution in [2.45, 2.75) is 12.8 Å². The molecule has 0 unspecified atom stereocenters. The molecule has 0 atom stereocenters. The van der Waals surface area contributed by atoms with E-state index in [1.54, 1.807) is 48.5 Å². The molecule has 1 aromatic heterocycles. The van der Waals surface area contributed by atoms with Crippen molar-refractivity contribution in [2.24, 2.45) is 5.73 Å². The fourth-order valence-corrected chi connectivity index (χ4v) is 3.09. The van der Waals surface area contributed by atoms with E-state index in [2.05, 4.69) is 15.5 Å². The summed E-state index contributed by atoms with van der Waals surface area (Å²) in [6.07, 6.45) is 2.02. The fraction of sp³-hybridized carbons (Fsp3) is 0.211. The van der Waals surface area contributed by atoms with Crippen molar-refractivity contribution in [1.29, 1.82) is 0 Å². The largest absolute Gasteiger partial charge is 0.422 e. The van der Waals surface area contributed by atoms with E-state index in [-0.39, 0.29) is 11.9 Å². The van der Waals surface area contributed by atoms with Crippen LogP contribution in [0, 0.1) is 0 Å².